The summed E-state index contributed by atoms with van der Waals surface area (Å²) in [6, 6.07) is 6.86. The molecule has 1 saturated carbocycles. The van der Waals surface area contributed by atoms with Gasteiger partial charge in [-0.3, -0.25) is 4.79 Å². The fourth-order valence-electron chi connectivity index (χ4n) is 4.37. The van der Waals surface area contributed by atoms with E-state index in [2.05, 4.69) is 0 Å². The topological polar surface area (TPSA) is 57.7 Å². The molecular weight excluding hydrogens is 360 g/mol. The van der Waals surface area contributed by atoms with Crippen molar-refractivity contribution < 1.29 is 13.2 Å². The van der Waals surface area contributed by atoms with Crippen LogP contribution in [0.25, 0.3) is 0 Å². The van der Waals surface area contributed by atoms with Gasteiger partial charge in [-0.15, -0.1) is 0 Å². The van der Waals surface area contributed by atoms with E-state index in [-0.39, 0.29) is 22.9 Å². The predicted molar refractivity (Wildman–Crippen MR) is 107 cm³/mol. The summed E-state index contributed by atoms with van der Waals surface area (Å²) >= 11 is 0. The summed E-state index contributed by atoms with van der Waals surface area (Å²) in [4.78, 5) is 15.0. The van der Waals surface area contributed by atoms with Crippen molar-refractivity contribution in [3.05, 3.63) is 29.8 Å². The maximum absolute atomic E-state index is 13.1. The minimum Gasteiger partial charge on any atom is -0.339 e. The summed E-state index contributed by atoms with van der Waals surface area (Å²) in [6.07, 6.45) is 9.71. The molecule has 0 spiro atoms. The van der Waals surface area contributed by atoms with Crippen LogP contribution < -0.4 is 0 Å². The van der Waals surface area contributed by atoms with Crippen molar-refractivity contribution in [1.29, 1.82) is 0 Å². The van der Waals surface area contributed by atoms with E-state index < -0.39 is 10.0 Å². The van der Waals surface area contributed by atoms with Crippen molar-refractivity contribution >= 4 is 15.9 Å². The van der Waals surface area contributed by atoms with E-state index >= 15 is 0 Å². The molecule has 1 unspecified atom stereocenters. The van der Waals surface area contributed by atoms with Crippen LogP contribution in [-0.2, 0) is 10.0 Å². The van der Waals surface area contributed by atoms with Gasteiger partial charge in [0.15, 0.2) is 0 Å². The van der Waals surface area contributed by atoms with Gasteiger partial charge in [0.25, 0.3) is 5.91 Å². The number of benzene rings is 1. The normalized spacial score (nSPS) is 23.0. The average molecular weight is 393 g/mol. The summed E-state index contributed by atoms with van der Waals surface area (Å²) in [6.45, 7) is 2.52. The first kappa shape index (κ1) is 20.3. The Bertz CT molecular complexity index is 754. The molecule has 0 N–H and O–H groups in total. The van der Waals surface area contributed by atoms with Crippen molar-refractivity contribution in [2.24, 2.45) is 0 Å². The van der Waals surface area contributed by atoms with E-state index in [1.165, 1.54) is 12.8 Å². The third-order valence-electron chi connectivity index (χ3n) is 6.12. The highest BCUT2D eigenvalue weighted by Crippen LogP contribution is 2.27. The van der Waals surface area contributed by atoms with Gasteiger partial charge >= 0.3 is 0 Å². The van der Waals surface area contributed by atoms with E-state index in [0.717, 1.165) is 44.9 Å². The number of carbonyl (C=O) groups excluding carboxylic acids is 1. The van der Waals surface area contributed by atoms with Gasteiger partial charge in [-0.25, -0.2) is 8.42 Å². The Balaban J connectivity index is 1.81. The van der Waals surface area contributed by atoms with Crippen LogP contribution in [0.5, 0.6) is 0 Å². The minimum atomic E-state index is -3.56. The van der Waals surface area contributed by atoms with Crippen LogP contribution in [0.3, 0.4) is 0 Å². The van der Waals surface area contributed by atoms with E-state index in [9.17, 15) is 13.2 Å². The molecule has 2 aliphatic rings. The SMILES string of the molecule is CC1CCCCN1S(=O)(=O)c1cccc(C(=O)N(C)C2CCCCCC2)c1. The molecule has 1 aliphatic carbocycles. The van der Waals surface area contributed by atoms with Crippen LogP contribution in [0, 0.1) is 0 Å². The van der Waals surface area contributed by atoms with E-state index in [0.29, 0.717) is 12.1 Å². The largest absolute Gasteiger partial charge is 0.339 e. The highest BCUT2D eigenvalue weighted by atomic mass is 32.2. The fourth-order valence-corrected chi connectivity index (χ4v) is 6.11. The molecule has 1 aliphatic heterocycles. The number of amides is 1. The quantitative estimate of drug-likeness (QED) is 0.727. The van der Waals surface area contributed by atoms with Crippen LogP contribution in [0.4, 0.5) is 0 Å². The molecule has 6 heteroatoms. The van der Waals surface area contributed by atoms with Crippen LogP contribution in [0.2, 0.25) is 0 Å². The Kier molecular flexibility index (Phi) is 6.58. The zero-order valence-electron chi connectivity index (χ0n) is 16.6. The molecule has 0 bridgehead atoms. The van der Waals surface area contributed by atoms with Crippen LogP contribution in [0.15, 0.2) is 29.2 Å². The summed E-state index contributed by atoms with van der Waals surface area (Å²) < 4.78 is 27.8. The highest BCUT2D eigenvalue weighted by molar-refractivity contribution is 7.89. The summed E-state index contributed by atoms with van der Waals surface area (Å²) in [5.74, 6) is -0.0781. The number of piperidine rings is 1. The van der Waals surface area contributed by atoms with Crippen molar-refractivity contribution in [3.8, 4) is 0 Å². The zero-order valence-corrected chi connectivity index (χ0v) is 17.4. The molecule has 1 heterocycles. The van der Waals surface area contributed by atoms with Crippen LogP contribution >= 0.6 is 0 Å². The van der Waals surface area contributed by atoms with E-state index in [1.54, 1.807) is 28.6 Å². The maximum atomic E-state index is 13.1. The summed E-state index contributed by atoms with van der Waals surface area (Å²) in [5.41, 5.74) is 0.465. The van der Waals surface area contributed by atoms with Gasteiger partial charge in [0.2, 0.25) is 10.0 Å². The van der Waals surface area contributed by atoms with Gasteiger partial charge in [-0.1, -0.05) is 38.2 Å². The van der Waals surface area contributed by atoms with Crippen molar-refractivity contribution in [2.45, 2.75) is 81.7 Å². The Labute approximate surface area is 163 Å². The molecule has 150 valence electrons. The number of rotatable bonds is 4. The maximum Gasteiger partial charge on any atom is 0.253 e. The van der Waals surface area contributed by atoms with Crippen molar-refractivity contribution in [2.75, 3.05) is 13.6 Å². The zero-order chi connectivity index (χ0) is 19.4. The molecule has 2 fully saturated rings. The Morgan fingerprint density at radius 2 is 1.70 bits per heavy atom. The third kappa shape index (κ3) is 4.54. The lowest BCUT2D eigenvalue weighted by Gasteiger charge is -2.32. The number of sulfonamides is 1. The first-order chi connectivity index (χ1) is 12.9. The first-order valence-electron chi connectivity index (χ1n) is 10.3. The molecule has 27 heavy (non-hydrogen) atoms. The second-order valence-corrected chi connectivity index (χ2v) is 9.94. The summed E-state index contributed by atoms with van der Waals surface area (Å²) in [7, 11) is -1.71. The first-order valence-corrected chi connectivity index (χ1v) is 11.7. The molecule has 1 saturated heterocycles. The number of nitrogens with zero attached hydrogens (tertiary/aromatic N) is 2. The fraction of sp³-hybridized carbons (Fsp3) is 0.667. The second kappa shape index (κ2) is 8.74. The molecule has 3 rings (SSSR count). The average Bonchev–Trinajstić information content (AvgIpc) is 2.96. The van der Waals surface area contributed by atoms with Gasteiger partial charge in [-0.05, 0) is 50.8 Å². The lowest BCUT2D eigenvalue weighted by molar-refractivity contribution is 0.0717. The minimum absolute atomic E-state index is 0.0109. The highest BCUT2D eigenvalue weighted by Gasteiger charge is 2.31. The standard InChI is InChI=1S/C21H32N2O3S/c1-17-10-7-8-15-23(17)27(25,26)20-14-9-11-18(16-20)21(24)22(2)19-12-5-3-4-6-13-19/h9,11,14,16-17,19H,3-8,10,12-13,15H2,1-2H3. The Morgan fingerprint density at radius 3 is 2.37 bits per heavy atom. The van der Waals surface area contributed by atoms with Crippen LogP contribution in [-0.4, -0.2) is 49.2 Å². The van der Waals surface area contributed by atoms with E-state index in [4.69, 9.17) is 0 Å². The summed E-state index contributed by atoms with van der Waals surface area (Å²) in [5, 5.41) is 0. The number of hydrogen-bond acceptors (Lipinski definition) is 3. The Morgan fingerprint density at radius 1 is 1.04 bits per heavy atom. The van der Waals surface area contributed by atoms with Gasteiger partial charge in [0.1, 0.15) is 0 Å². The Hall–Kier alpha value is -1.40. The molecule has 1 aromatic carbocycles. The molecular formula is C21H32N2O3S. The molecule has 5 nitrogen and oxygen atoms in total. The van der Waals surface area contributed by atoms with Crippen molar-refractivity contribution in [3.63, 3.8) is 0 Å². The van der Waals surface area contributed by atoms with Gasteiger partial charge in [0, 0.05) is 31.2 Å². The molecule has 0 aromatic heterocycles. The monoisotopic (exact) mass is 392 g/mol. The smallest absolute Gasteiger partial charge is 0.253 e. The lowest BCUT2D eigenvalue weighted by atomic mass is 10.1. The third-order valence-corrected chi connectivity index (χ3v) is 8.13. The molecule has 0 radical (unpaired) electrons. The predicted octanol–water partition coefficient (Wildman–Crippen LogP) is 4.04. The number of hydrogen-bond donors (Lipinski definition) is 0. The van der Waals surface area contributed by atoms with Gasteiger partial charge in [0.05, 0.1) is 4.90 Å². The van der Waals surface area contributed by atoms with Crippen molar-refractivity contribution in [1.82, 2.24) is 9.21 Å². The van der Waals surface area contributed by atoms with Gasteiger partial charge < -0.3 is 4.90 Å². The van der Waals surface area contributed by atoms with Crippen LogP contribution in [0.1, 0.15) is 75.1 Å². The van der Waals surface area contributed by atoms with Gasteiger partial charge in [-0.2, -0.15) is 4.31 Å². The lowest BCUT2D eigenvalue weighted by Crippen LogP contribution is -2.42. The second-order valence-electron chi connectivity index (χ2n) is 8.05. The molecule has 1 aromatic rings. The number of carbonyl (C=O) groups is 1. The molecule has 1 amide bonds. The van der Waals surface area contributed by atoms with E-state index in [1.807, 2.05) is 18.9 Å². The molecule has 1 atom stereocenters.